The van der Waals surface area contributed by atoms with E-state index < -0.39 is 0 Å². The molecule has 0 aliphatic carbocycles. The Balaban J connectivity index is 2.20. The summed E-state index contributed by atoms with van der Waals surface area (Å²) in [6, 6.07) is 7.46. The van der Waals surface area contributed by atoms with E-state index in [0.717, 1.165) is 17.7 Å². The molecule has 0 saturated heterocycles. The van der Waals surface area contributed by atoms with E-state index in [1.54, 1.807) is 0 Å². The Bertz CT molecular complexity index is 393. The van der Waals surface area contributed by atoms with Crippen molar-refractivity contribution in [2.45, 2.75) is 26.3 Å². The summed E-state index contributed by atoms with van der Waals surface area (Å²) in [6.45, 7) is 5.53. The molecule has 0 aromatic heterocycles. The summed E-state index contributed by atoms with van der Waals surface area (Å²) in [4.78, 5) is 11.9. The first-order chi connectivity index (χ1) is 9.63. The number of carbonyl (C=O) groups is 1. The highest BCUT2D eigenvalue weighted by atomic mass is 16.5. The van der Waals surface area contributed by atoms with Crippen molar-refractivity contribution in [2.24, 2.45) is 0 Å². The van der Waals surface area contributed by atoms with Crippen LogP contribution in [-0.2, 0) is 9.53 Å². The number of nitrogens with one attached hydrogen (secondary N) is 2. The number of aliphatic hydroxyl groups is 1. The molecule has 0 heterocycles. The zero-order valence-corrected chi connectivity index (χ0v) is 12.2. The summed E-state index contributed by atoms with van der Waals surface area (Å²) >= 11 is 0. The number of ether oxygens (including phenoxy) is 1. The van der Waals surface area contributed by atoms with Crippen LogP contribution in [0.5, 0.6) is 0 Å². The molecule has 0 fully saturated rings. The van der Waals surface area contributed by atoms with E-state index in [-0.39, 0.29) is 18.6 Å². The van der Waals surface area contributed by atoms with Gasteiger partial charge in [-0.05, 0) is 38.9 Å². The maximum Gasteiger partial charge on any atom is 0.241 e. The topological polar surface area (TPSA) is 70.6 Å². The molecule has 1 unspecified atom stereocenters. The van der Waals surface area contributed by atoms with Crippen LogP contribution >= 0.6 is 0 Å². The zero-order chi connectivity index (χ0) is 14.8. The minimum absolute atomic E-state index is 0.0444. The molecule has 3 N–H and O–H groups in total. The monoisotopic (exact) mass is 280 g/mol. The SMILES string of the molecule is Cc1ccc(NC(=O)C(C)NCCCOCCO)cc1. The molecular weight excluding hydrogens is 256 g/mol. The first-order valence-corrected chi connectivity index (χ1v) is 6.93. The lowest BCUT2D eigenvalue weighted by Gasteiger charge is -2.14. The van der Waals surface area contributed by atoms with Crippen LogP contribution in [0.1, 0.15) is 18.9 Å². The largest absolute Gasteiger partial charge is 0.394 e. The third kappa shape index (κ3) is 6.65. The van der Waals surface area contributed by atoms with Crippen LogP contribution in [0.4, 0.5) is 5.69 Å². The molecule has 0 bridgehead atoms. The highest BCUT2D eigenvalue weighted by Gasteiger charge is 2.11. The van der Waals surface area contributed by atoms with Gasteiger partial charge in [0, 0.05) is 12.3 Å². The predicted octanol–water partition coefficient (Wildman–Crippen LogP) is 1.31. The molecule has 5 nitrogen and oxygen atoms in total. The minimum Gasteiger partial charge on any atom is -0.394 e. The van der Waals surface area contributed by atoms with E-state index in [1.807, 2.05) is 38.1 Å². The van der Waals surface area contributed by atoms with E-state index in [0.29, 0.717) is 19.8 Å². The Hall–Kier alpha value is -1.43. The summed E-state index contributed by atoms with van der Waals surface area (Å²) in [5.41, 5.74) is 1.97. The quantitative estimate of drug-likeness (QED) is 0.597. The van der Waals surface area contributed by atoms with Crippen molar-refractivity contribution in [1.29, 1.82) is 0 Å². The van der Waals surface area contributed by atoms with Crippen LogP contribution in [0.3, 0.4) is 0 Å². The Kier molecular flexibility index (Phi) is 7.87. The standard InChI is InChI=1S/C15H24N2O3/c1-12-4-6-14(7-5-12)17-15(19)13(2)16-8-3-10-20-11-9-18/h4-7,13,16,18H,3,8-11H2,1-2H3,(H,17,19). The lowest BCUT2D eigenvalue weighted by atomic mass is 10.2. The van der Waals surface area contributed by atoms with Gasteiger partial charge in [0.15, 0.2) is 0 Å². The second-order valence-corrected chi connectivity index (χ2v) is 4.72. The molecule has 0 aliphatic rings. The first kappa shape index (κ1) is 16.6. The normalized spacial score (nSPS) is 12.2. The Morgan fingerprint density at radius 2 is 2.00 bits per heavy atom. The van der Waals surface area contributed by atoms with Crippen LogP contribution in [0.15, 0.2) is 24.3 Å². The molecule has 1 aromatic carbocycles. The molecule has 0 saturated carbocycles. The van der Waals surface area contributed by atoms with E-state index in [9.17, 15) is 4.79 Å². The lowest BCUT2D eigenvalue weighted by molar-refractivity contribution is -0.117. The van der Waals surface area contributed by atoms with E-state index in [2.05, 4.69) is 10.6 Å². The number of aliphatic hydroxyl groups excluding tert-OH is 1. The summed E-state index contributed by atoms with van der Waals surface area (Å²) in [7, 11) is 0. The van der Waals surface area contributed by atoms with Gasteiger partial charge < -0.3 is 20.5 Å². The van der Waals surface area contributed by atoms with Crippen molar-refractivity contribution in [3.63, 3.8) is 0 Å². The molecule has 112 valence electrons. The Morgan fingerprint density at radius 3 is 2.65 bits per heavy atom. The van der Waals surface area contributed by atoms with E-state index in [4.69, 9.17) is 9.84 Å². The highest BCUT2D eigenvalue weighted by Crippen LogP contribution is 2.08. The number of aryl methyl sites for hydroxylation is 1. The van der Waals surface area contributed by atoms with Gasteiger partial charge in [0.2, 0.25) is 5.91 Å². The van der Waals surface area contributed by atoms with Crippen molar-refractivity contribution in [2.75, 3.05) is 31.7 Å². The molecule has 0 aliphatic heterocycles. The van der Waals surface area contributed by atoms with Crippen molar-refractivity contribution in [1.82, 2.24) is 5.32 Å². The lowest BCUT2D eigenvalue weighted by Crippen LogP contribution is -2.38. The summed E-state index contributed by atoms with van der Waals surface area (Å²) in [6.07, 6.45) is 0.808. The average Bonchev–Trinajstić information content (AvgIpc) is 2.45. The summed E-state index contributed by atoms with van der Waals surface area (Å²) < 4.78 is 5.14. The van der Waals surface area contributed by atoms with E-state index in [1.165, 1.54) is 0 Å². The number of anilines is 1. The summed E-state index contributed by atoms with van der Waals surface area (Å²) in [5.74, 6) is -0.0508. The number of rotatable bonds is 9. The van der Waals surface area contributed by atoms with Crippen LogP contribution in [0.2, 0.25) is 0 Å². The van der Waals surface area contributed by atoms with Gasteiger partial charge in [-0.25, -0.2) is 0 Å². The minimum atomic E-state index is -0.255. The highest BCUT2D eigenvalue weighted by molar-refractivity contribution is 5.94. The van der Waals surface area contributed by atoms with Gasteiger partial charge >= 0.3 is 0 Å². The van der Waals surface area contributed by atoms with E-state index >= 15 is 0 Å². The van der Waals surface area contributed by atoms with Gasteiger partial charge in [-0.3, -0.25) is 4.79 Å². The fourth-order valence-corrected chi connectivity index (χ4v) is 1.64. The van der Waals surface area contributed by atoms with Gasteiger partial charge in [0.05, 0.1) is 19.3 Å². The smallest absolute Gasteiger partial charge is 0.241 e. The average molecular weight is 280 g/mol. The first-order valence-electron chi connectivity index (χ1n) is 6.93. The molecule has 1 rings (SSSR count). The fraction of sp³-hybridized carbons (Fsp3) is 0.533. The molecule has 1 amide bonds. The fourth-order valence-electron chi connectivity index (χ4n) is 1.64. The third-order valence-electron chi connectivity index (χ3n) is 2.86. The van der Waals surface area contributed by atoms with Crippen LogP contribution in [0.25, 0.3) is 0 Å². The number of hydrogen-bond acceptors (Lipinski definition) is 4. The van der Waals surface area contributed by atoms with Gasteiger partial charge in [0.1, 0.15) is 0 Å². The molecule has 0 radical (unpaired) electrons. The van der Waals surface area contributed by atoms with Crippen molar-refractivity contribution in [3.05, 3.63) is 29.8 Å². The second-order valence-electron chi connectivity index (χ2n) is 4.72. The van der Waals surface area contributed by atoms with Crippen LogP contribution < -0.4 is 10.6 Å². The molecule has 20 heavy (non-hydrogen) atoms. The maximum absolute atomic E-state index is 11.9. The van der Waals surface area contributed by atoms with Crippen LogP contribution in [0, 0.1) is 6.92 Å². The van der Waals surface area contributed by atoms with Gasteiger partial charge in [-0.1, -0.05) is 17.7 Å². The third-order valence-corrected chi connectivity index (χ3v) is 2.86. The molecule has 1 atom stereocenters. The van der Waals surface area contributed by atoms with Crippen LogP contribution in [-0.4, -0.2) is 43.4 Å². The zero-order valence-electron chi connectivity index (χ0n) is 12.2. The van der Waals surface area contributed by atoms with Gasteiger partial charge in [-0.15, -0.1) is 0 Å². The van der Waals surface area contributed by atoms with Crippen molar-refractivity contribution >= 4 is 11.6 Å². The number of carbonyl (C=O) groups excluding carboxylic acids is 1. The van der Waals surface area contributed by atoms with Gasteiger partial charge in [0.25, 0.3) is 0 Å². The predicted molar refractivity (Wildman–Crippen MR) is 79.8 cm³/mol. The number of amides is 1. The Labute approximate surface area is 120 Å². The maximum atomic E-state index is 11.9. The van der Waals surface area contributed by atoms with Crippen molar-refractivity contribution < 1.29 is 14.6 Å². The number of benzene rings is 1. The van der Waals surface area contributed by atoms with Gasteiger partial charge in [-0.2, -0.15) is 0 Å². The molecular formula is C15H24N2O3. The number of hydrogen-bond donors (Lipinski definition) is 3. The second kappa shape index (κ2) is 9.47. The summed E-state index contributed by atoms with van der Waals surface area (Å²) in [5, 5.41) is 14.5. The molecule has 5 heteroatoms. The Morgan fingerprint density at radius 1 is 1.30 bits per heavy atom. The molecule has 0 spiro atoms. The molecule has 1 aromatic rings. The van der Waals surface area contributed by atoms with Crippen molar-refractivity contribution in [3.8, 4) is 0 Å².